The molecule has 5 nitrogen and oxygen atoms in total. The second-order valence-electron chi connectivity index (χ2n) is 5.83. The summed E-state index contributed by atoms with van der Waals surface area (Å²) in [6, 6.07) is 4.16. The highest BCUT2D eigenvalue weighted by molar-refractivity contribution is 7.89. The van der Waals surface area contributed by atoms with Crippen molar-refractivity contribution >= 4 is 21.6 Å². The Labute approximate surface area is 130 Å². The van der Waals surface area contributed by atoms with Gasteiger partial charge >= 0.3 is 0 Å². The van der Waals surface area contributed by atoms with Crippen LogP contribution >= 0.6 is 11.6 Å². The highest BCUT2D eigenvalue weighted by Gasteiger charge is 2.31. The summed E-state index contributed by atoms with van der Waals surface area (Å²) in [6.45, 7) is 4.12. The van der Waals surface area contributed by atoms with Gasteiger partial charge in [0.05, 0.1) is 17.1 Å². The Morgan fingerprint density at radius 3 is 2.81 bits per heavy atom. The Bertz CT molecular complexity index is 615. The Balaban J connectivity index is 2.18. The number of halogens is 1. The van der Waals surface area contributed by atoms with Crippen LogP contribution in [0.1, 0.15) is 32.3 Å². The minimum absolute atomic E-state index is 0.111. The lowest BCUT2D eigenvalue weighted by Crippen LogP contribution is -2.45. The molecule has 1 saturated heterocycles. The number of hydrogen-bond donors (Lipinski definition) is 2. The maximum absolute atomic E-state index is 12.4. The number of aliphatic hydroxyl groups excluding tert-OH is 1. The van der Waals surface area contributed by atoms with Crippen LogP contribution < -0.4 is 4.72 Å². The number of hydrogen-bond acceptors (Lipinski definition) is 4. The van der Waals surface area contributed by atoms with Crippen LogP contribution in [0.3, 0.4) is 0 Å². The lowest BCUT2D eigenvalue weighted by molar-refractivity contribution is -0.0599. The summed E-state index contributed by atoms with van der Waals surface area (Å²) in [5.74, 6) is 0. The summed E-state index contributed by atoms with van der Waals surface area (Å²) >= 11 is 5.88. The third-order valence-electron chi connectivity index (χ3n) is 3.52. The van der Waals surface area contributed by atoms with Crippen molar-refractivity contribution < 1.29 is 18.3 Å². The van der Waals surface area contributed by atoms with Gasteiger partial charge in [0.1, 0.15) is 0 Å². The van der Waals surface area contributed by atoms with Crippen molar-refractivity contribution in [3.8, 4) is 0 Å². The standard InChI is InChI=1S/C14H20ClNO4S/c1-14(2)8-11(5-6-20-14)16-21(18,19)12-3-4-13(15)10(7-12)9-17/h3-4,7,11,16-17H,5-6,8-9H2,1-2H3. The van der Waals surface area contributed by atoms with Crippen LogP contribution in [0.25, 0.3) is 0 Å². The molecule has 1 unspecified atom stereocenters. The van der Waals surface area contributed by atoms with Gasteiger partial charge in [-0.3, -0.25) is 0 Å². The zero-order valence-electron chi connectivity index (χ0n) is 12.1. The van der Waals surface area contributed by atoms with E-state index in [4.69, 9.17) is 16.3 Å². The second kappa shape index (κ2) is 6.22. The van der Waals surface area contributed by atoms with Crippen LogP contribution in [0.5, 0.6) is 0 Å². The third kappa shape index (κ3) is 4.17. The summed E-state index contributed by atoms with van der Waals surface area (Å²) in [5, 5.41) is 9.53. The van der Waals surface area contributed by atoms with Crippen molar-refractivity contribution in [3.63, 3.8) is 0 Å². The number of rotatable bonds is 4. The van der Waals surface area contributed by atoms with E-state index in [0.717, 1.165) is 0 Å². The number of aliphatic hydroxyl groups is 1. The van der Waals surface area contributed by atoms with Crippen LogP contribution in [0.4, 0.5) is 0 Å². The van der Waals surface area contributed by atoms with E-state index in [-0.39, 0.29) is 23.1 Å². The summed E-state index contributed by atoms with van der Waals surface area (Å²) in [4.78, 5) is 0.111. The summed E-state index contributed by atoms with van der Waals surface area (Å²) in [6.07, 6.45) is 1.26. The highest BCUT2D eigenvalue weighted by atomic mass is 35.5. The van der Waals surface area contributed by atoms with Crippen molar-refractivity contribution in [1.82, 2.24) is 4.72 Å². The molecule has 1 heterocycles. The molecule has 0 bridgehead atoms. The summed E-state index contributed by atoms with van der Waals surface area (Å²) in [7, 11) is -3.63. The number of ether oxygens (including phenoxy) is 1. The molecule has 1 atom stereocenters. The van der Waals surface area contributed by atoms with Crippen LogP contribution in [-0.2, 0) is 21.4 Å². The molecule has 118 valence electrons. The molecule has 0 aliphatic carbocycles. The molecule has 2 N–H and O–H groups in total. The van der Waals surface area contributed by atoms with Crippen LogP contribution in [-0.4, -0.2) is 31.8 Å². The van der Waals surface area contributed by atoms with Gasteiger partial charge in [0.15, 0.2) is 0 Å². The molecule has 0 saturated carbocycles. The van der Waals surface area contributed by atoms with Crippen molar-refractivity contribution in [2.75, 3.05) is 6.61 Å². The van der Waals surface area contributed by atoms with Crippen molar-refractivity contribution in [3.05, 3.63) is 28.8 Å². The van der Waals surface area contributed by atoms with E-state index in [1.165, 1.54) is 18.2 Å². The van der Waals surface area contributed by atoms with E-state index in [1.54, 1.807) is 0 Å². The smallest absolute Gasteiger partial charge is 0.240 e. The normalized spacial score (nSPS) is 22.2. The maximum atomic E-state index is 12.4. The van der Waals surface area contributed by atoms with E-state index in [1.807, 2.05) is 13.8 Å². The van der Waals surface area contributed by atoms with Gasteiger partial charge in [-0.1, -0.05) is 11.6 Å². The topological polar surface area (TPSA) is 75.6 Å². The fourth-order valence-electron chi connectivity index (χ4n) is 2.46. The number of sulfonamides is 1. The minimum Gasteiger partial charge on any atom is -0.392 e. The molecule has 7 heteroatoms. The Kier molecular flexibility index (Phi) is 4.95. The average molecular weight is 334 g/mol. The van der Waals surface area contributed by atoms with Crippen LogP contribution in [0.15, 0.2) is 23.1 Å². The molecule has 1 aliphatic heterocycles. The first-order chi connectivity index (χ1) is 9.73. The molecule has 21 heavy (non-hydrogen) atoms. The van der Waals surface area contributed by atoms with E-state index >= 15 is 0 Å². The quantitative estimate of drug-likeness (QED) is 0.884. The van der Waals surface area contributed by atoms with Crippen LogP contribution in [0, 0.1) is 0 Å². The molecular weight excluding hydrogens is 314 g/mol. The molecule has 0 amide bonds. The van der Waals surface area contributed by atoms with Gasteiger partial charge in [0.25, 0.3) is 0 Å². The Hall–Kier alpha value is -0.660. The average Bonchev–Trinajstić information content (AvgIpc) is 2.37. The predicted octanol–water partition coefficient (Wildman–Crippen LogP) is 2.07. The Morgan fingerprint density at radius 1 is 1.48 bits per heavy atom. The molecule has 1 aliphatic rings. The maximum Gasteiger partial charge on any atom is 0.240 e. The van der Waals surface area contributed by atoms with Gasteiger partial charge in [0.2, 0.25) is 10.0 Å². The van der Waals surface area contributed by atoms with E-state index in [9.17, 15) is 13.5 Å². The van der Waals surface area contributed by atoms with Crippen LogP contribution in [0.2, 0.25) is 5.02 Å². The molecular formula is C14H20ClNO4S. The molecule has 0 aromatic heterocycles. The third-order valence-corrected chi connectivity index (χ3v) is 5.40. The van der Waals surface area contributed by atoms with Gasteiger partial charge in [-0.15, -0.1) is 0 Å². The lowest BCUT2D eigenvalue weighted by Gasteiger charge is -2.35. The van der Waals surface area contributed by atoms with Gasteiger partial charge < -0.3 is 9.84 Å². The predicted molar refractivity (Wildman–Crippen MR) is 80.7 cm³/mol. The first-order valence-corrected chi connectivity index (χ1v) is 8.65. The van der Waals surface area contributed by atoms with Gasteiger partial charge in [-0.25, -0.2) is 13.1 Å². The van der Waals surface area contributed by atoms with E-state index < -0.39 is 10.0 Å². The Morgan fingerprint density at radius 2 is 2.19 bits per heavy atom. The first kappa shape index (κ1) is 16.7. The zero-order chi connectivity index (χ0) is 15.7. The fourth-order valence-corrected chi connectivity index (χ4v) is 3.96. The van der Waals surface area contributed by atoms with Crippen molar-refractivity contribution in [2.24, 2.45) is 0 Å². The minimum atomic E-state index is -3.63. The van der Waals surface area contributed by atoms with Crippen molar-refractivity contribution in [1.29, 1.82) is 0 Å². The molecule has 2 rings (SSSR count). The largest absolute Gasteiger partial charge is 0.392 e. The lowest BCUT2D eigenvalue weighted by atomic mass is 9.95. The summed E-state index contributed by atoms with van der Waals surface area (Å²) < 4.78 is 33.1. The monoisotopic (exact) mass is 333 g/mol. The van der Waals surface area contributed by atoms with E-state index in [0.29, 0.717) is 30.0 Å². The molecule has 1 aromatic rings. The van der Waals surface area contributed by atoms with Gasteiger partial charge in [-0.2, -0.15) is 0 Å². The number of nitrogens with one attached hydrogen (secondary N) is 1. The first-order valence-electron chi connectivity index (χ1n) is 6.79. The van der Waals surface area contributed by atoms with Gasteiger partial charge in [0, 0.05) is 17.7 Å². The second-order valence-corrected chi connectivity index (χ2v) is 7.95. The highest BCUT2D eigenvalue weighted by Crippen LogP contribution is 2.26. The molecule has 1 aromatic carbocycles. The number of benzene rings is 1. The van der Waals surface area contributed by atoms with E-state index in [2.05, 4.69) is 4.72 Å². The van der Waals surface area contributed by atoms with Crippen molar-refractivity contribution in [2.45, 2.75) is 49.8 Å². The summed E-state index contributed by atoms with van der Waals surface area (Å²) in [5.41, 5.74) is 0.0636. The fraction of sp³-hybridized carbons (Fsp3) is 0.571. The van der Waals surface area contributed by atoms with Gasteiger partial charge in [-0.05, 0) is 50.5 Å². The molecule has 0 spiro atoms. The molecule has 1 fully saturated rings. The zero-order valence-corrected chi connectivity index (χ0v) is 13.7. The SMILES string of the molecule is CC1(C)CC(NS(=O)(=O)c2ccc(Cl)c(CO)c2)CCO1. The molecule has 0 radical (unpaired) electrons.